The molecule has 2 unspecified atom stereocenters. The van der Waals surface area contributed by atoms with Gasteiger partial charge in [-0.05, 0) is 44.1 Å². The summed E-state index contributed by atoms with van der Waals surface area (Å²) in [7, 11) is 0. The van der Waals surface area contributed by atoms with Crippen LogP contribution in [0.5, 0.6) is 5.75 Å². The Labute approximate surface area is 132 Å². The predicted octanol–water partition coefficient (Wildman–Crippen LogP) is 2.61. The first-order valence-corrected chi connectivity index (χ1v) is 8.46. The number of carbonyl (C=O) groups is 1. The third kappa shape index (κ3) is 4.23. The van der Waals surface area contributed by atoms with Gasteiger partial charge in [0, 0.05) is 24.1 Å². The van der Waals surface area contributed by atoms with Gasteiger partial charge in [-0.25, -0.2) is 0 Å². The Balaban J connectivity index is 1.52. The fourth-order valence-electron chi connectivity index (χ4n) is 3.08. The molecule has 22 heavy (non-hydrogen) atoms. The Morgan fingerprint density at radius 2 is 2.05 bits per heavy atom. The first kappa shape index (κ1) is 15.3. The summed E-state index contributed by atoms with van der Waals surface area (Å²) in [4.78, 5) is 12.3. The molecule has 0 aliphatic heterocycles. The van der Waals surface area contributed by atoms with Gasteiger partial charge in [-0.15, -0.1) is 0 Å². The lowest BCUT2D eigenvalue weighted by Crippen LogP contribution is -2.37. The van der Waals surface area contributed by atoms with E-state index in [0.29, 0.717) is 6.54 Å². The number of amides is 1. The van der Waals surface area contributed by atoms with Crippen LogP contribution in [0.4, 0.5) is 0 Å². The van der Waals surface area contributed by atoms with Crippen LogP contribution in [0.2, 0.25) is 0 Å². The van der Waals surface area contributed by atoms with Crippen molar-refractivity contribution in [3.63, 3.8) is 0 Å². The largest absolute Gasteiger partial charge is 0.493 e. The van der Waals surface area contributed by atoms with Crippen molar-refractivity contribution in [1.82, 2.24) is 5.32 Å². The van der Waals surface area contributed by atoms with Gasteiger partial charge in [0.1, 0.15) is 5.75 Å². The molecule has 2 saturated carbocycles. The lowest BCUT2D eigenvalue weighted by atomic mass is 9.85. The van der Waals surface area contributed by atoms with Crippen LogP contribution >= 0.6 is 0 Å². The third-order valence-corrected chi connectivity index (χ3v) is 4.68. The minimum Gasteiger partial charge on any atom is -0.493 e. The number of nitrogens with one attached hydrogen (secondary N) is 1. The van der Waals surface area contributed by atoms with Crippen molar-refractivity contribution >= 4 is 5.91 Å². The molecule has 0 radical (unpaired) electrons. The highest BCUT2D eigenvalue weighted by atomic mass is 16.5. The molecule has 4 heteroatoms. The van der Waals surface area contributed by atoms with E-state index in [-0.39, 0.29) is 17.9 Å². The molecule has 0 spiro atoms. The molecule has 3 N–H and O–H groups in total. The number of rotatable bonds is 6. The number of hydrogen-bond acceptors (Lipinski definition) is 3. The van der Waals surface area contributed by atoms with Gasteiger partial charge in [-0.3, -0.25) is 4.79 Å². The molecule has 0 bridgehead atoms. The van der Waals surface area contributed by atoms with Crippen LogP contribution in [-0.2, 0) is 11.3 Å². The standard InChI is InChI=1S/C18H26N2O2/c19-16-6-3-5-14(10-16)18(21)20-11-15-4-1-2-7-17(15)22-12-13-8-9-13/h1-2,4,7,13-14,16H,3,5-6,8-12,19H2,(H,20,21). The number of ether oxygens (including phenoxy) is 1. The minimum atomic E-state index is 0.0725. The van der Waals surface area contributed by atoms with Crippen molar-refractivity contribution in [3.8, 4) is 5.75 Å². The first-order valence-electron chi connectivity index (χ1n) is 8.46. The average Bonchev–Trinajstić information content (AvgIpc) is 3.35. The number of nitrogens with two attached hydrogens (primary N) is 1. The first-order chi connectivity index (χ1) is 10.7. The van der Waals surface area contributed by atoms with Gasteiger partial charge in [0.05, 0.1) is 6.61 Å². The second-order valence-electron chi connectivity index (χ2n) is 6.70. The molecule has 2 fully saturated rings. The maximum Gasteiger partial charge on any atom is 0.223 e. The molecule has 2 aliphatic rings. The van der Waals surface area contributed by atoms with Crippen LogP contribution in [-0.4, -0.2) is 18.6 Å². The second-order valence-corrected chi connectivity index (χ2v) is 6.70. The lowest BCUT2D eigenvalue weighted by molar-refractivity contribution is -0.126. The molecule has 0 aromatic heterocycles. The molecular weight excluding hydrogens is 276 g/mol. The van der Waals surface area contributed by atoms with Crippen LogP contribution in [0.3, 0.4) is 0 Å². The number of para-hydroxylation sites is 1. The van der Waals surface area contributed by atoms with Crippen LogP contribution in [0.25, 0.3) is 0 Å². The van der Waals surface area contributed by atoms with Crippen molar-refractivity contribution in [2.45, 2.75) is 51.1 Å². The topological polar surface area (TPSA) is 64.4 Å². The molecule has 0 heterocycles. The Kier molecular flexibility index (Phi) is 4.98. The lowest BCUT2D eigenvalue weighted by Gasteiger charge is -2.25. The van der Waals surface area contributed by atoms with Gasteiger partial charge in [-0.1, -0.05) is 24.6 Å². The quantitative estimate of drug-likeness (QED) is 0.849. The van der Waals surface area contributed by atoms with Crippen LogP contribution < -0.4 is 15.8 Å². The molecule has 3 rings (SSSR count). The van der Waals surface area contributed by atoms with E-state index in [1.165, 1.54) is 12.8 Å². The van der Waals surface area contributed by atoms with Crippen LogP contribution in [0, 0.1) is 11.8 Å². The molecule has 2 atom stereocenters. The highest BCUT2D eigenvalue weighted by Gasteiger charge is 2.25. The number of carbonyl (C=O) groups excluding carboxylic acids is 1. The molecule has 4 nitrogen and oxygen atoms in total. The van der Waals surface area contributed by atoms with Gasteiger partial charge >= 0.3 is 0 Å². The second kappa shape index (κ2) is 7.14. The van der Waals surface area contributed by atoms with Crippen molar-refractivity contribution < 1.29 is 9.53 Å². The summed E-state index contributed by atoms with van der Waals surface area (Å²) in [6, 6.07) is 8.16. The average molecular weight is 302 g/mol. The Morgan fingerprint density at radius 3 is 2.82 bits per heavy atom. The Hall–Kier alpha value is -1.55. The molecule has 1 aromatic rings. The van der Waals surface area contributed by atoms with Crippen molar-refractivity contribution in [3.05, 3.63) is 29.8 Å². The summed E-state index contributed by atoms with van der Waals surface area (Å²) in [5.41, 5.74) is 7.02. The number of hydrogen-bond donors (Lipinski definition) is 2. The van der Waals surface area contributed by atoms with E-state index in [0.717, 1.165) is 49.5 Å². The Morgan fingerprint density at radius 1 is 1.23 bits per heavy atom. The molecular formula is C18H26N2O2. The van der Waals surface area contributed by atoms with Crippen molar-refractivity contribution in [2.24, 2.45) is 17.6 Å². The Bertz CT molecular complexity index is 514. The summed E-state index contributed by atoms with van der Waals surface area (Å²) in [6.45, 7) is 1.33. The van der Waals surface area contributed by atoms with E-state index in [4.69, 9.17) is 10.5 Å². The molecule has 0 saturated heterocycles. The summed E-state index contributed by atoms with van der Waals surface area (Å²) >= 11 is 0. The van der Waals surface area contributed by atoms with E-state index in [2.05, 4.69) is 5.32 Å². The van der Waals surface area contributed by atoms with E-state index < -0.39 is 0 Å². The fraction of sp³-hybridized carbons (Fsp3) is 0.611. The zero-order valence-corrected chi connectivity index (χ0v) is 13.1. The predicted molar refractivity (Wildman–Crippen MR) is 86.4 cm³/mol. The smallest absolute Gasteiger partial charge is 0.223 e. The van der Waals surface area contributed by atoms with E-state index in [1.54, 1.807) is 0 Å². The van der Waals surface area contributed by atoms with Gasteiger partial charge in [0.25, 0.3) is 0 Å². The summed E-state index contributed by atoms with van der Waals surface area (Å²) in [6.07, 6.45) is 6.43. The summed E-state index contributed by atoms with van der Waals surface area (Å²) in [5, 5.41) is 3.06. The zero-order valence-electron chi connectivity index (χ0n) is 13.1. The van der Waals surface area contributed by atoms with E-state index >= 15 is 0 Å². The molecule has 1 aromatic carbocycles. The molecule has 1 amide bonds. The minimum absolute atomic E-state index is 0.0725. The highest BCUT2D eigenvalue weighted by Crippen LogP contribution is 2.30. The van der Waals surface area contributed by atoms with Gasteiger partial charge in [0.15, 0.2) is 0 Å². The molecule has 120 valence electrons. The maximum atomic E-state index is 12.3. The summed E-state index contributed by atoms with van der Waals surface area (Å²) < 4.78 is 5.88. The fourth-order valence-corrected chi connectivity index (χ4v) is 3.08. The van der Waals surface area contributed by atoms with Crippen LogP contribution in [0.15, 0.2) is 24.3 Å². The van der Waals surface area contributed by atoms with Crippen molar-refractivity contribution in [1.29, 1.82) is 0 Å². The van der Waals surface area contributed by atoms with E-state index in [9.17, 15) is 4.79 Å². The molecule has 2 aliphatic carbocycles. The zero-order chi connectivity index (χ0) is 15.4. The van der Waals surface area contributed by atoms with E-state index in [1.807, 2.05) is 24.3 Å². The SMILES string of the molecule is NC1CCCC(C(=O)NCc2ccccc2OCC2CC2)C1. The van der Waals surface area contributed by atoms with Gasteiger partial charge < -0.3 is 15.8 Å². The van der Waals surface area contributed by atoms with Crippen LogP contribution in [0.1, 0.15) is 44.1 Å². The number of benzene rings is 1. The third-order valence-electron chi connectivity index (χ3n) is 4.68. The van der Waals surface area contributed by atoms with Gasteiger partial charge in [0.2, 0.25) is 5.91 Å². The normalized spacial score (nSPS) is 24.8. The van der Waals surface area contributed by atoms with Gasteiger partial charge in [-0.2, -0.15) is 0 Å². The summed E-state index contributed by atoms with van der Waals surface area (Å²) in [5.74, 6) is 1.83. The maximum absolute atomic E-state index is 12.3. The van der Waals surface area contributed by atoms with Crippen molar-refractivity contribution in [2.75, 3.05) is 6.61 Å². The highest BCUT2D eigenvalue weighted by molar-refractivity contribution is 5.78. The monoisotopic (exact) mass is 302 g/mol.